The third kappa shape index (κ3) is 2.00. The summed E-state index contributed by atoms with van der Waals surface area (Å²) in [6.07, 6.45) is 0. The molecule has 0 atom stereocenters. The second-order valence-electron chi connectivity index (χ2n) is 3.56. The smallest absolute Gasteiger partial charge is 0.0444 e. The summed E-state index contributed by atoms with van der Waals surface area (Å²) in [5.74, 6) is 0.596. The Bertz CT molecular complexity index is 228. The third-order valence-corrected chi connectivity index (χ3v) is 1.96. The molecule has 12 heavy (non-hydrogen) atoms. The zero-order chi connectivity index (χ0) is 9.14. The van der Waals surface area contributed by atoms with Crippen molar-refractivity contribution in [2.75, 3.05) is 19.0 Å². The van der Waals surface area contributed by atoms with E-state index in [9.17, 15) is 0 Å². The van der Waals surface area contributed by atoms with Crippen molar-refractivity contribution in [1.82, 2.24) is 0 Å². The second-order valence-corrected chi connectivity index (χ2v) is 3.56. The molecule has 1 rings (SSSR count). The zero-order valence-corrected chi connectivity index (χ0v) is 8.26. The van der Waals surface area contributed by atoms with Gasteiger partial charge in [-0.15, -0.1) is 0 Å². The molecular weight excluding hydrogens is 146 g/mol. The lowest BCUT2D eigenvalue weighted by Gasteiger charge is -2.14. The van der Waals surface area contributed by atoms with Gasteiger partial charge in [-0.1, -0.05) is 26.0 Å². The van der Waals surface area contributed by atoms with Gasteiger partial charge >= 0.3 is 0 Å². The van der Waals surface area contributed by atoms with E-state index in [0.717, 1.165) is 5.69 Å². The maximum atomic E-state index is 3.19. The lowest BCUT2D eigenvalue weighted by Crippen LogP contribution is -2.08. The minimum Gasteiger partial charge on any atom is -0.377 e. The number of hydrogen-bond acceptors (Lipinski definition) is 1. The summed E-state index contributed by atoms with van der Waals surface area (Å²) >= 11 is 0. The first kappa shape index (κ1) is 9.11. The van der Waals surface area contributed by atoms with Crippen molar-refractivity contribution in [2.24, 2.45) is 0 Å². The number of anilines is 1. The Morgan fingerprint density at radius 1 is 1.33 bits per heavy atom. The molecule has 0 aromatic heterocycles. The van der Waals surface area contributed by atoms with Crippen LogP contribution in [0.5, 0.6) is 0 Å². The Morgan fingerprint density at radius 3 is 2.50 bits per heavy atom. The lowest BCUT2D eigenvalue weighted by atomic mass is 10.0. The fourth-order valence-electron chi connectivity index (χ4n) is 1.09. The summed E-state index contributed by atoms with van der Waals surface area (Å²) in [7, 11) is 4.08. The monoisotopic (exact) mass is 162 g/mol. The van der Waals surface area contributed by atoms with Crippen LogP contribution in [0.1, 0.15) is 25.3 Å². The van der Waals surface area contributed by atoms with Gasteiger partial charge in [0.25, 0.3) is 0 Å². The van der Waals surface area contributed by atoms with Gasteiger partial charge in [0, 0.05) is 25.8 Å². The van der Waals surface area contributed by atoms with E-state index < -0.39 is 0 Å². The molecule has 1 radical (unpaired) electrons. The quantitative estimate of drug-likeness (QED) is 0.646. The van der Waals surface area contributed by atoms with Crippen LogP contribution < -0.4 is 4.90 Å². The van der Waals surface area contributed by atoms with Crippen LogP contribution >= 0.6 is 0 Å². The van der Waals surface area contributed by atoms with Gasteiger partial charge in [-0.2, -0.15) is 0 Å². The molecule has 65 valence electrons. The van der Waals surface area contributed by atoms with Crippen LogP contribution in [-0.2, 0) is 0 Å². The third-order valence-electron chi connectivity index (χ3n) is 1.96. The summed E-state index contributed by atoms with van der Waals surface area (Å²) < 4.78 is 0. The predicted molar refractivity (Wildman–Crippen MR) is 53.7 cm³/mol. The molecule has 0 aliphatic heterocycles. The zero-order valence-electron chi connectivity index (χ0n) is 8.26. The summed E-state index contributed by atoms with van der Waals surface area (Å²) in [5.41, 5.74) is 2.53. The van der Waals surface area contributed by atoms with E-state index in [2.05, 4.69) is 36.9 Å². The van der Waals surface area contributed by atoms with Crippen molar-refractivity contribution in [3.8, 4) is 0 Å². The van der Waals surface area contributed by atoms with Gasteiger partial charge < -0.3 is 4.90 Å². The molecule has 0 fully saturated rings. The fraction of sp³-hybridized carbons (Fsp3) is 0.455. The number of hydrogen-bond donors (Lipinski definition) is 0. The Hall–Kier alpha value is -0.980. The average molecular weight is 162 g/mol. The summed E-state index contributed by atoms with van der Waals surface area (Å²) in [5, 5.41) is 0. The van der Waals surface area contributed by atoms with E-state index in [4.69, 9.17) is 0 Å². The first-order chi connectivity index (χ1) is 5.61. The second kappa shape index (κ2) is 3.61. The van der Waals surface area contributed by atoms with Crippen molar-refractivity contribution in [3.05, 3.63) is 29.8 Å². The molecule has 1 aromatic rings. The van der Waals surface area contributed by atoms with E-state index in [1.165, 1.54) is 5.56 Å². The molecule has 0 bridgehead atoms. The highest BCUT2D eigenvalue weighted by atomic mass is 15.1. The van der Waals surface area contributed by atoms with Gasteiger partial charge in [-0.05, 0) is 17.5 Å². The van der Waals surface area contributed by atoms with Crippen molar-refractivity contribution in [1.29, 1.82) is 0 Å². The summed E-state index contributed by atoms with van der Waals surface area (Å²) in [4.78, 5) is 2.08. The summed E-state index contributed by atoms with van der Waals surface area (Å²) in [6.45, 7) is 4.41. The lowest BCUT2D eigenvalue weighted by molar-refractivity contribution is 0.865. The van der Waals surface area contributed by atoms with Crippen molar-refractivity contribution < 1.29 is 0 Å². The Kier molecular flexibility index (Phi) is 2.74. The van der Waals surface area contributed by atoms with Gasteiger partial charge in [-0.25, -0.2) is 0 Å². The van der Waals surface area contributed by atoms with E-state index in [1.807, 2.05) is 20.2 Å². The first-order valence-electron chi connectivity index (χ1n) is 4.30. The molecular formula is C11H16N. The fourth-order valence-corrected chi connectivity index (χ4v) is 1.09. The van der Waals surface area contributed by atoms with E-state index in [-0.39, 0.29) is 0 Å². The number of nitrogens with zero attached hydrogens (tertiary/aromatic N) is 1. The van der Waals surface area contributed by atoms with Crippen LogP contribution in [0.4, 0.5) is 5.69 Å². The average Bonchev–Trinajstić information content (AvgIpc) is 2.04. The molecule has 0 amide bonds. The number of rotatable bonds is 2. The SMILES string of the molecule is CC(C)c1cc[c]c(N(C)C)c1. The van der Waals surface area contributed by atoms with Crippen molar-refractivity contribution in [2.45, 2.75) is 19.8 Å². The van der Waals surface area contributed by atoms with Gasteiger partial charge in [-0.3, -0.25) is 0 Å². The van der Waals surface area contributed by atoms with Crippen LogP contribution in [0.15, 0.2) is 18.2 Å². The Balaban J connectivity index is 2.96. The maximum Gasteiger partial charge on any atom is 0.0444 e. The normalized spacial score (nSPS) is 10.4. The molecule has 0 aliphatic carbocycles. The summed E-state index contributed by atoms with van der Waals surface area (Å²) in [6, 6.07) is 9.49. The molecule has 0 saturated heterocycles. The van der Waals surface area contributed by atoms with E-state index >= 15 is 0 Å². The van der Waals surface area contributed by atoms with Crippen molar-refractivity contribution >= 4 is 5.69 Å². The minimum absolute atomic E-state index is 0.596. The number of benzene rings is 1. The van der Waals surface area contributed by atoms with Crippen LogP contribution in [0.25, 0.3) is 0 Å². The van der Waals surface area contributed by atoms with Gasteiger partial charge in [0.05, 0.1) is 0 Å². The highest BCUT2D eigenvalue weighted by molar-refractivity contribution is 5.46. The topological polar surface area (TPSA) is 3.24 Å². The van der Waals surface area contributed by atoms with Crippen LogP contribution in [0.2, 0.25) is 0 Å². The highest BCUT2D eigenvalue weighted by Gasteiger charge is 2.00. The maximum absolute atomic E-state index is 3.19. The van der Waals surface area contributed by atoms with E-state index in [1.54, 1.807) is 0 Å². The van der Waals surface area contributed by atoms with Crippen LogP contribution in [-0.4, -0.2) is 14.1 Å². The predicted octanol–water partition coefficient (Wildman–Crippen LogP) is 2.68. The van der Waals surface area contributed by atoms with E-state index in [0.29, 0.717) is 5.92 Å². The Labute approximate surface area is 75.0 Å². The van der Waals surface area contributed by atoms with Gasteiger partial charge in [0.2, 0.25) is 0 Å². The van der Waals surface area contributed by atoms with Gasteiger partial charge in [0.1, 0.15) is 0 Å². The van der Waals surface area contributed by atoms with Gasteiger partial charge in [0.15, 0.2) is 0 Å². The molecule has 0 unspecified atom stereocenters. The molecule has 0 heterocycles. The van der Waals surface area contributed by atoms with Crippen LogP contribution in [0, 0.1) is 6.07 Å². The molecule has 1 nitrogen and oxygen atoms in total. The molecule has 0 spiro atoms. The molecule has 1 heteroatoms. The highest BCUT2D eigenvalue weighted by Crippen LogP contribution is 2.19. The molecule has 1 aromatic carbocycles. The minimum atomic E-state index is 0.596. The Morgan fingerprint density at radius 2 is 2.00 bits per heavy atom. The van der Waals surface area contributed by atoms with Crippen LogP contribution in [0.3, 0.4) is 0 Å². The largest absolute Gasteiger partial charge is 0.377 e. The first-order valence-corrected chi connectivity index (χ1v) is 4.30. The molecule has 0 saturated carbocycles. The molecule has 0 N–H and O–H groups in total. The standard InChI is InChI=1S/C11H16N/c1-9(2)10-6-5-7-11(8-10)12(3)4/h5-6,8-9H,1-4H3. The molecule has 0 aliphatic rings. The van der Waals surface area contributed by atoms with Crippen molar-refractivity contribution in [3.63, 3.8) is 0 Å².